The van der Waals surface area contributed by atoms with Crippen molar-refractivity contribution in [2.24, 2.45) is 12.8 Å². The SMILES string of the molecule is Cn1nccc1S(=O)(=O)Nc1ccc(F)cc1C(N)=S. The van der Waals surface area contributed by atoms with Gasteiger partial charge in [-0.15, -0.1) is 0 Å². The maximum absolute atomic E-state index is 13.2. The Balaban J connectivity index is 2.45. The van der Waals surface area contributed by atoms with Crippen LogP contribution >= 0.6 is 12.2 Å². The van der Waals surface area contributed by atoms with E-state index in [0.717, 1.165) is 12.1 Å². The van der Waals surface area contributed by atoms with Crippen molar-refractivity contribution >= 4 is 32.9 Å². The Bertz CT molecular complexity index is 770. The molecule has 0 saturated heterocycles. The Morgan fingerprint density at radius 1 is 1.45 bits per heavy atom. The number of aromatic nitrogens is 2. The number of nitrogens with zero attached hydrogens (tertiary/aromatic N) is 2. The molecule has 106 valence electrons. The summed E-state index contributed by atoms with van der Waals surface area (Å²) in [7, 11) is -2.36. The van der Waals surface area contributed by atoms with E-state index in [0.29, 0.717) is 0 Å². The van der Waals surface area contributed by atoms with E-state index in [4.69, 9.17) is 18.0 Å². The van der Waals surface area contributed by atoms with Crippen LogP contribution in [0.5, 0.6) is 0 Å². The largest absolute Gasteiger partial charge is 0.389 e. The van der Waals surface area contributed by atoms with E-state index in [1.54, 1.807) is 0 Å². The van der Waals surface area contributed by atoms with E-state index in [1.165, 1.54) is 30.1 Å². The third-order valence-corrected chi connectivity index (χ3v) is 4.20. The van der Waals surface area contributed by atoms with E-state index in [9.17, 15) is 12.8 Å². The summed E-state index contributed by atoms with van der Waals surface area (Å²) in [4.78, 5) is -0.104. The van der Waals surface area contributed by atoms with Gasteiger partial charge in [0.1, 0.15) is 10.8 Å². The molecular weight excluding hydrogens is 303 g/mol. The normalized spacial score (nSPS) is 11.3. The number of nitrogens with one attached hydrogen (secondary N) is 1. The smallest absolute Gasteiger partial charge is 0.279 e. The van der Waals surface area contributed by atoms with Crippen molar-refractivity contribution < 1.29 is 12.8 Å². The van der Waals surface area contributed by atoms with Crippen LogP contribution in [0.2, 0.25) is 0 Å². The molecule has 0 aliphatic rings. The first-order valence-corrected chi connectivity index (χ1v) is 7.30. The monoisotopic (exact) mass is 314 g/mol. The van der Waals surface area contributed by atoms with Gasteiger partial charge >= 0.3 is 0 Å². The van der Waals surface area contributed by atoms with E-state index >= 15 is 0 Å². The van der Waals surface area contributed by atoms with Gasteiger partial charge in [0, 0.05) is 12.6 Å². The fraction of sp³-hybridized carbons (Fsp3) is 0.0909. The summed E-state index contributed by atoms with van der Waals surface area (Å²) >= 11 is 4.78. The molecule has 9 heteroatoms. The van der Waals surface area contributed by atoms with E-state index in [2.05, 4.69) is 9.82 Å². The summed E-state index contributed by atoms with van der Waals surface area (Å²) < 4.78 is 41.1. The first kappa shape index (κ1) is 14.4. The van der Waals surface area contributed by atoms with Gasteiger partial charge in [-0.2, -0.15) is 13.5 Å². The number of halogens is 1. The molecule has 0 spiro atoms. The molecular formula is C11H11FN4O2S2. The zero-order chi connectivity index (χ0) is 14.9. The number of hydrogen-bond donors (Lipinski definition) is 2. The predicted octanol–water partition coefficient (Wildman–Crippen LogP) is 0.994. The van der Waals surface area contributed by atoms with Crippen LogP contribution in [0.15, 0.2) is 35.5 Å². The minimum atomic E-state index is -3.86. The van der Waals surface area contributed by atoms with E-state index < -0.39 is 15.8 Å². The molecule has 0 aliphatic heterocycles. The summed E-state index contributed by atoms with van der Waals surface area (Å²) in [5, 5.41) is 3.75. The molecule has 0 amide bonds. The summed E-state index contributed by atoms with van der Waals surface area (Å²) in [6, 6.07) is 4.79. The predicted molar refractivity (Wildman–Crippen MR) is 76.3 cm³/mol. The van der Waals surface area contributed by atoms with Gasteiger partial charge in [0.15, 0.2) is 5.03 Å². The molecule has 0 radical (unpaired) electrons. The van der Waals surface area contributed by atoms with Gasteiger partial charge in [-0.05, 0) is 24.3 Å². The van der Waals surface area contributed by atoms with Crippen molar-refractivity contribution in [2.75, 3.05) is 4.72 Å². The maximum Gasteiger partial charge on any atom is 0.279 e. The Morgan fingerprint density at radius 3 is 2.70 bits per heavy atom. The molecule has 1 aromatic heterocycles. The summed E-state index contributed by atoms with van der Waals surface area (Å²) in [6.07, 6.45) is 1.35. The third-order valence-electron chi connectivity index (χ3n) is 2.54. The second-order valence-electron chi connectivity index (χ2n) is 3.95. The number of nitrogens with two attached hydrogens (primary N) is 1. The highest BCUT2D eigenvalue weighted by atomic mass is 32.2. The molecule has 3 N–H and O–H groups in total. The number of rotatable bonds is 4. The van der Waals surface area contributed by atoms with Gasteiger partial charge in [-0.25, -0.2) is 4.39 Å². The number of anilines is 1. The van der Waals surface area contributed by atoms with Gasteiger partial charge in [0.2, 0.25) is 0 Å². The van der Waals surface area contributed by atoms with Crippen LogP contribution < -0.4 is 10.5 Å². The Morgan fingerprint density at radius 2 is 2.15 bits per heavy atom. The van der Waals surface area contributed by atoms with Crippen LogP contribution in [0, 0.1) is 5.82 Å². The van der Waals surface area contributed by atoms with Gasteiger partial charge in [-0.1, -0.05) is 12.2 Å². The van der Waals surface area contributed by atoms with E-state index in [1.807, 2.05) is 0 Å². The first-order chi connectivity index (χ1) is 9.31. The quantitative estimate of drug-likeness (QED) is 0.822. The van der Waals surface area contributed by atoms with Gasteiger partial charge in [0.25, 0.3) is 10.0 Å². The molecule has 20 heavy (non-hydrogen) atoms. The summed E-state index contributed by atoms with van der Waals surface area (Å²) in [5.74, 6) is -0.559. The maximum atomic E-state index is 13.2. The highest BCUT2D eigenvalue weighted by molar-refractivity contribution is 7.92. The third kappa shape index (κ3) is 2.78. The number of benzene rings is 1. The van der Waals surface area contributed by atoms with Crippen molar-refractivity contribution in [3.05, 3.63) is 41.8 Å². The van der Waals surface area contributed by atoms with Crippen LogP contribution in [0.4, 0.5) is 10.1 Å². The first-order valence-electron chi connectivity index (χ1n) is 5.41. The fourth-order valence-corrected chi connectivity index (χ4v) is 3.01. The highest BCUT2D eigenvalue weighted by Crippen LogP contribution is 2.21. The van der Waals surface area contributed by atoms with Crippen LogP contribution in [-0.2, 0) is 17.1 Å². The molecule has 1 heterocycles. The van der Waals surface area contributed by atoms with Crippen LogP contribution in [-0.4, -0.2) is 23.2 Å². The zero-order valence-electron chi connectivity index (χ0n) is 10.4. The summed E-state index contributed by atoms with van der Waals surface area (Å²) in [6.45, 7) is 0. The van der Waals surface area contributed by atoms with Crippen LogP contribution in [0.25, 0.3) is 0 Å². The minimum absolute atomic E-state index is 0.0317. The van der Waals surface area contributed by atoms with Crippen LogP contribution in [0.3, 0.4) is 0 Å². The van der Waals surface area contributed by atoms with Crippen molar-refractivity contribution in [3.63, 3.8) is 0 Å². The molecule has 2 rings (SSSR count). The summed E-state index contributed by atoms with van der Waals surface area (Å²) in [5.41, 5.74) is 5.69. The average Bonchev–Trinajstić information content (AvgIpc) is 2.78. The fourth-order valence-electron chi connectivity index (χ4n) is 1.63. The lowest BCUT2D eigenvalue weighted by atomic mass is 10.2. The van der Waals surface area contributed by atoms with Gasteiger partial charge < -0.3 is 5.73 Å². The second kappa shape index (κ2) is 5.17. The standard InChI is InChI=1S/C11H11FN4O2S2/c1-16-10(4-5-14-16)20(17,18)15-9-3-2-7(12)6-8(9)11(13)19/h2-6,15H,1H3,(H2,13,19). The zero-order valence-corrected chi connectivity index (χ0v) is 12.0. The molecule has 6 nitrogen and oxygen atoms in total. The van der Waals surface area contributed by atoms with Crippen molar-refractivity contribution in [1.82, 2.24) is 9.78 Å². The van der Waals surface area contributed by atoms with Crippen LogP contribution in [0.1, 0.15) is 5.56 Å². The molecule has 0 bridgehead atoms. The number of aryl methyl sites for hydroxylation is 1. The lowest BCUT2D eigenvalue weighted by Crippen LogP contribution is -2.20. The second-order valence-corrected chi connectivity index (χ2v) is 6.02. The molecule has 1 aromatic carbocycles. The Labute approximate surface area is 120 Å². The Hall–Kier alpha value is -2.00. The van der Waals surface area contributed by atoms with Crippen molar-refractivity contribution in [3.8, 4) is 0 Å². The minimum Gasteiger partial charge on any atom is -0.389 e. The lowest BCUT2D eigenvalue weighted by molar-refractivity contribution is 0.582. The molecule has 0 aliphatic carbocycles. The topological polar surface area (TPSA) is 90.0 Å². The van der Waals surface area contributed by atoms with Crippen molar-refractivity contribution in [1.29, 1.82) is 0 Å². The van der Waals surface area contributed by atoms with Gasteiger partial charge in [0.05, 0.1) is 11.9 Å². The molecule has 0 saturated carbocycles. The molecule has 0 fully saturated rings. The van der Waals surface area contributed by atoms with Gasteiger partial charge in [-0.3, -0.25) is 9.40 Å². The Kier molecular flexibility index (Phi) is 3.73. The van der Waals surface area contributed by atoms with E-state index in [-0.39, 0.29) is 21.3 Å². The highest BCUT2D eigenvalue weighted by Gasteiger charge is 2.20. The number of thiocarbonyl (C=S) groups is 1. The average molecular weight is 314 g/mol. The number of hydrogen-bond acceptors (Lipinski definition) is 4. The van der Waals surface area contributed by atoms with Crippen molar-refractivity contribution in [2.45, 2.75) is 5.03 Å². The molecule has 2 aromatic rings. The molecule has 0 unspecified atom stereocenters. The number of sulfonamides is 1. The molecule has 0 atom stereocenters. The lowest BCUT2D eigenvalue weighted by Gasteiger charge is -2.12.